The average molecular weight is 421 g/mol. The molecule has 1 fully saturated rings. The second-order valence-electron chi connectivity index (χ2n) is 7.34. The summed E-state index contributed by atoms with van der Waals surface area (Å²) >= 11 is 0. The summed E-state index contributed by atoms with van der Waals surface area (Å²) in [6.45, 7) is 3.36. The number of ether oxygens (including phenoxy) is 1. The lowest BCUT2D eigenvalue weighted by Crippen LogP contribution is -2.51. The van der Waals surface area contributed by atoms with Gasteiger partial charge in [0.2, 0.25) is 5.91 Å². The van der Waals surface area contributed by atoms with E-state index in [-0.39, 0.29) is 18.1 Å². The lowest BCUT2D eigenvalue weighted by molar-refractivity contribution is -0.130. The van der Waals surface area contributed by atoms with Gasteiger partial charge in [0.1, 0.15) is 11.3 Å². The summed E-state index contributed by atoms with van der Waals surface area (Å²) in [6, 6.07) is 10.8. The number of fused-ring (bicyclic) bond motifs is 1. The fourth-order valence-electron chi connectivity index (χ4n) is 3.65. The highest BCUT2D eigenvalue weighted by atomic mass is 16.5. The summed E-state index contributed by atoms with van der Waals surface area (Å²) in [5.74, 6) is 0.265. The van der Waals surface area contributed by atoms with Crippen molar-refractivity contribution in [3.05, 3.63) is 64.2 Å². The van der Waals surface area contributed by atoms with Gasteiger partial charge in [0.25, 0.3) is 11.5 Å². The first-order chi connectivity index (χ1) is 15.0. The molecule has 0 aliphatic carbocycles. The summed E-state index contributed by atoms with van der Waals surface area (Å²) in [5, 5.41) is 0. The second kappa shape index (κ2) is 8.55. The molecule has 0 spiro atoms. The molecule has 1 aliphatic heterocycles. The summed E-state index contributed by atoms with van der Waals surface area (Å²) in [7, 11) is 1.59. The molecule has 160 valence electrons. The van der Waals surface area contributed by atoms with Crippen LogP contribution < -0.4 is 10.3 Å². The van der Waals surface area contributed by atoms with E-state index in [9.17, 15) is 14.4 Å². The van der Waals surface area contributed by atoms with E-state index in [1.807, 2.05) is 24.3 Å². The van der Waals surface area contributed by atoms with Crippen molar-refractivity contribution >= 4 is 23.0 Å². The Hall–Kier alpha value is -3.75. The van der Waals surface area contributed by atoms with Gasteiger partial charge in [-0.25, -0.2) is 9.97 Å². The number of benzene rings is 1. The number of amides is 2. The first-order valence-corrected chi connectivity index (χ1v) is 10.0. The molecule has 0 saturated carbocycles. The van der Waals surface area contributed by atoms with Gasteiger partial charge >= 0.3 is 0 Å². The monoisotopic (exact) mass is 421 g/mol. The summed E-state index contributed by atoms with van der Waals surface area (Å²) in [6.07, 6.45) is 1.59. The van der Waals surface area contributed by atoms with Crippen LogP contribution in [0.3, 0.4) is 0 Å². The van der Waals surface area contributed by atoms with Crippen LogP contribution in [0.25, 0.3) is 11.2 Å². The van der Waals surface area contributed by atoms with Crippen LogP contribution in [0.1, 0.15) is 23.0 Å². The molecule has 4 rings (SSSR count). The Balaban J connectivity index is 1.70. The van der Waals surface area contributed by atoms with Gasteiger partial charge in [0.05, 0.1) is 13.7 Å². The van der Waals surface area contributed by atoms with Crippen LogP contribution in [0, 0.1) is 0 Å². The molecule has 31 heavy (non-hydrogen) atoms. The number of hydrogen-bond acceptors (Lipinski definition) is 6. The number of aromatic nitrogens is 3. The van der Waals surface area contributed by atoms with Crippen LogP contribution in [-0.2, 0) is 11.3 Å². The highest BCUT2D eigenvalue weighted by Crippen LogP contribution is 2.15. The van der Waals surface area contributed by atoms with Gasteiger partial charge in [-0.3, -0.25) is 19.0 Å². The normalized spacial score (nSPS) is 14.0. The lowest BCUT2D eigenvalue weighted by Gasteiger charge is -2.33. The van der Waals surface area contributed by atoms with Gasteiger partial charge in [0, 0.05) is 39.3 Å². The third-order valence-electron chi connectivity index (χ3n) is 5.42. The Labute approximate surface area is 178 Å². The summed E-state index contributed by atoms with van der Waals surface area (Å²) < 4.78 is 6.66. The standard InChI is InChI=1S/C22H23N5O4/c1-15(28)25-10-12-26(13-11-25)21(29)19-22(30)27(20-18(24-19)4-3-9-23-20)14-16-5-7-17(31-2)8-6-16/h3-9H,10-14H2,1-2H3. The maximum absolute atomic E-state index is 13.3. The van der Waals surface area contributed by atoms with Crippen molar-refractivity contribution in [2.75, 3.05) is 33.3 Å². The van der Waals surface area contributed by atoms with Crippen LogP contribution in [0.2, 0.25) is 0 Å². The largest absolute Gasteiger partial charge is 0.497 e. The van der Waals surface area contributed by atoms with Crippen molar-refractivity contribution < 1.29 is 14.3 Å². The van der Waals surface area contributed by atoms with Crippen molar-refractivity contribution in [3.8, 4) is 5.75 Å². The predicted molar refractivity (Wildman–Crippen MR) is 114 cm³/mol. The second-order valence-corrected chi connectivity index (χ2v) is 7.34. The minimum Gasteiger partial charge on any atom is -0.497 e. The minimum absolute atomic E-state index is 0.0242. The van der Waals surface area contributed by atoms with Crippen LogP contribution in [0.4, 0.5) is 0 Å². The first-order valence-electron chi connectivity index (χ1n) is 10.0. The zero-order valence-electron chi connectivity index (χ0n) is 17.4. The molecule has 0 bridgehead atoms. The van der Waals surface area contributed by atoms with E-state index in [0.717, 1.165) is 11.3 Å². The quantitative estimate of drug-likeness (QED) is 0.627. The van der Waals surface area contributed by atoms with E-state index in [4.69, 9.17) is 4.74 Å². The third kappa shape index (κ3) is 4.11. The molecular weight excluding hydrogens is 398 g/mol. The fraction of sp³-hybridized carbons (Fsp3) is 0.318. The van der Waals surface area contributed by atoms with E-state index in [0.29, 0.717) is 37.3 Å². The Kier molecular flexibility index (Phi) is 5.66. The number of rotatable bonds is 4. The van der Waals surface area contributed by atoms with Gasteiger partial charge < -0.3 is 14.5 Å². The molecule has 3 heterocycles. The van der Waals surface area contributed by atoms with E-state index in [1.165, 1.54) is 11.5 Å². The van der Waals surface area contributed by atoms with Gasteiger partial charge in [0.15, 0.2) is 11.3 Å². The van der Waals surface area contributed by atoms with Crippen molar-refractivity contribution in [2.45, 2.75) is 13.5 Å². The molecule has 0 atom stereocenters. The van der Waals surface area contributed by atoms with Crippen molar-refractivity contribution in [1.29, 1.82) is 0 Å². The Morgan fingerprint density at radius 1 is 1.03 bits per heavy atom. The van der Waals surface area contributed by atoms with E-state index < -0.39 is 11.5 Å². The van der Waals surface area contributed by atoms with Crippen molar-refractivity contribution in [3.63, 3.8) is 0 Å². The average Bonchev–Trinajstić information content (AvgIpc) is 2.80. The smallest absolute Gasteiger partial charge is 0.284 e. The lowest BCUT2D eigenvalue weighted by atomic mass is 10.2. The molecule has 1 aromatic carbocycles. The summed E-state index contributed by atoms with van der Waals surface area (Å²) in [4.78, 5) is 49.9. The zero-order chi connectivity index (χ0) is 22.0. The van der Waals surface area contributed by atoms with Gasteiger partial charge in [-0.2, -0.15) is 0 Å². The maximum Gasteiger partial charge on any atom is 0.284 e. The van der Waals surface area contributed by atoms with Crippen molar-refractivity contribution in [1.82, 2.24) is 24.3 Å². The number of methoxy groups -OCH3 is 1. The third-order valence-corrected chi connectivity index (χ3v) is 5.42. The van der Waals surface area contributed by atoms with Crippen LogP contribution in [0.15, 0.2) is 47.4 Å². The number of hydrogen-bond donors (Lipinski definition) is 0. The minimum atomic E-state index is -0.485. The van der Waals surface area contributed by atoms with Crippen LogP contribution in [0.5, 0.6) is 5.75 Å². The highest BCUT2D eigenvalue weighted by molar-refractivity contribution is 5.93. The molecule has 3 aromatic rings. The van der Waals surface area contributed by atoms with Crippen LogP contribution in [-0.4, -0.2) is 69.4 Å². The Bertz CT molecular complexity index is 1180. The maximum atomic E-state index is 13.3. The predicted octanol–water partition coefficient (Wildman–Crippen LogP) is 1.15. The van der Waals surface area contributed by atoms with Gasteiger partial charge in [-0.15, -0.1) is 0 Å². The molecule has 0 N–H and O–H groups in total. The molecule has 0 unspecified atom stereocenters. The molecule has 0 radical (unpaired) electrons. The van der Waals surface area contributed by atoms with E-state index in [1.54, 1.807) is 35.2 Å². The van der Waals surface area contributed by atoms with Crippen LogP contribution >= 0.6 is 0 Å². The molecule has 1 saturated heterocycles. The number of carbonyl (C=O) groups excluding carboxylic acids is 2. The van der Waals surface area contributed by atoms with Gasteiger partial charge in [-0.05, 0) is 29.8 Å². The topological polar surface area (TPSA) is 97.6 Å². The molecule has 1 aliphatic rings. The summed E-state index contributed by atoms with van der Waals surface area (Å²) in [5.41, 5.74) is 1.14. The fourth-order valence-corrected chi connectivity index (χ4v) is 3.65. The zero-order valence-corrected chi connectivity index (χ0v) is 17.4. The Morgan fingerprint density at radius 3 is 2.35 bits per heavy atom. The molecule has 2 amide bonds. The van der Waals surface area contributed by atoms with Crippen molar-refractivity contribution in [2.24, 2.45) is 0 Å². The number of pyridine rings is 1. The van der Waals surface area contributed by atoms with E-state index in [2.05, 4.69) is 9.97 Å². The highest BCUT2D eigenvalue weighted by Gasteiger charge is 2.27. The van der Waals surface area contributed by atoms with E-state index >= 15 is 0 Å². The molecular formula is C22H23N5O4. The molecule has 2 aromatic heterocycles. The Morgan fingerprint density at radius 2 is 1.71 bits per heavy atom. The molecule has 9 nitrogen and oxygen atoms in total. The number of nitrogens with zero attached hydrogens (tertiary/aromatic N) is 5. The first kappa shape index (κ1) is 20.5. The number of piperazine rings is 1. The number of carbonyl (C=O) groups is 2. The molecule has 9 heteroatoms. The SMILES string of the molecule is COc1ccc(Cn2c(=O)c(C(=O)N3CCN(C(C)=O)CC3)nc3cccnc32)cc1. The van der Waals surface area contributed by atoms with Gasteiger partial charge in [-0.1, -0.05) is 12.1 Å².